The Balaban J connectivity index is 2.05. The average molecular weight is 628 g/mol. The lowest BCUT2D eigenvalue weighted by Gasteiger charge is -2.26. The van der Waals surface area contributed by atoms with Gasteiger partial charge in [-0.15, -0.1) is 13.2 Å². The van der Waals surface area contributed by atoms with Gasteiger partial charge in [0.25, 0.3) is 0 Å². The number of nitrogens with zero attached hydrogens (tertiary/aromatic N) is 3. The van der Waals surface area contributed by atoms with Gasteiger partial charge in [-0.05, 0) is 50.2 Å². The van der Waals surface area contributed by atoms with Gasteiger partial charge in [-0.3, -0.25) is 4.79 Å². The minimum Gasteiger partial charge on any atom is -0.465 e. The van der Waals surface area contributed by atoms with Crippen molar-refractivity contribution < 1.29 is 54.9 Å². The predicted octanol–water partition coefficient (Wildman–Crippen LogP) is 6.89. The summed E-state index contributed by atoms with van der Waals surface area (Å²) in [6.45, 7) is 2.32. The zero-order valence-corrected chi connectivity index (χ0v) is 22.9. The molecule has 0 aliphatic carbocycles. The molecule has 41 heavy (non-hydrogen) atoms. The van der Waals surface area contributed by atoms with Crippen molar-refractivity contribution >= 4 is 52.2 Å². The lowest BCUT2D eigenvalue weighted by Crippen LogP contribution is -2.44. The number of urea groups is 1. The Hall–Kier alpha value is -3.66. The summed E-state index contributed by atoms with van der Waals surface area (Å²) in [6.07, 6.45) is -9.73. The van der Waals surface area contributed by atoms with Crippen molar-refractivity contribution in [2.75, 3.05) is 24.6 Å². The molecule has 1 unspecified atom stereocenters. The van der Waals surface area contributed by atoms with Crippen LogP contribution in [0.5, 0.6) is 5.75 Å². The van der Waals surface area contributed by atoms with Crippen LogP contribution in [0.3, 0.4) is 0 Å². The van der Waals surface area contributed by atoms with E-state index in [4.69, 9.17) is 16.3 Å². The Morgan fingerprint density at radius 2 is 1.73 bits per heavy atom. The topological polar surface area (TPSA) is 97.7 Å². The highest BCUT2D eigenvalue weighted by atomic mass is 35.5. The van der Waals surface area contributed by atoms with Crippen LogP contribution in [-0.4, -0.2) is 54.6 Å². The number of anilines is 1. The van der Waals surface area contributed by atoms with Gasteiger partial charge in [0.1, 0.15) is 11.2 Å². The van der Waals surface area contributed by atoms with Gasteiger partial charge in [0.05, 0.1) is 54.2 Å². The van der Waals surface area contributed by atoms with Crippen LogP contribution in [-0.2, 0) is 20.4 Å². The van der Waals surface area contributed by atoms with Gasteiger partial charge < -0.3 is 14.2 Å². The van der Waals surface area contributed by atoms with Crippen molar-refractivity contribution in [2.45, 2.75) is 26.4 Å². The fourth-order valence-corrected chi connectivity index (χ4v) is 4.58. The Labute approximate surface area is 238 Å². The number of benzene rings is 2. The van der Waals surface area contributed by atoms with Gasteiger partial charge in [-0.25, -0.2) is 18.9 Å². The molecule has 0 aromatic heterocycles. The van der Waals surface area contributed by atoms with Crippen molar-refractivity contribution in [1.29, 1.82) is 0 Å². The van der Waals surface area contributed by atoms with Crippen molar-refractivity contribution in [2.24, 2.45) is 10.5 Å². The smallest absolute Gasteiger partial charge is 0.465 e. The van der Waals surface area contributed by atoms with Gasteiger partial charge in [0.15, 0.2) is 0 Å². The second-order valence-electron chi connectivity index (χ2n) is 8.42. The third-order valence-corrected chi connectivity index (χ3v) is 6.69. The summed E-state index contributed by atoms with van der Waals surface area (Å²) in [5, 5.41) is 3.26. The van der Waals surface area contributed by atoms with E-state index in [1.807, 2.05) is 0 Å². The van der Waals surface area contributed by atoms with E-state index in [9.17, 15) is 40.7 Å². The lowest BCUT2D eigenvalue weighted by molar-refractivity contribution is -0.274. The minimum atomic E-state index is -4.97. The summed E-state index contributed by atoms with van der Waals surface area (Å²) in [5.74, 6) is -1.46. The lowest BCUT2D eigenvalue weighted by atomic mass is 9.82. The van der Waals surface area contributed by atoms with Gasteiger partial charge in [0, 0.05) is 5.56 Å². The standard InChI is InChI=1S/C24H20ClF6N3O6S/c1-4-39-19(35)22(2)12-33(32-18(22)13-5-10-16(17(25)11-13)23(26,27)28)20(36)34(41-21(37)38-3)14-6-8-15(9-7-14)40-24(29,30)31/h5-11H,4,12H2,1-3H3. The number of carbonyl (C=O) groups excluding carboxylic acids is 3. The fourth-order valence-electron chi connectivity index (χ4n) is 3.67. The highest BCUT2D eigenvalue weighted by molar-refractivity contribution is 8.15. The number of hydrogen-bond donors (Lipinski definition) is 0. The Bertz CT molecular complexity index is 1350. The van der Waals surface area contributed by atoms with E-state index < -0.39 is 58.1 Å². The molecule has 1 aliphatic heterocycles. The number of amides is 2. The maximum absolute atomic E-state index is 13.6. The SMILES string of the molecule is CCOC(=O)C1(C)CN(C(=O)N(SC(=O)OC)c2ccc(OC(F)(F)F)cc2)N=C1c1ccc(C(F)(F)F)c(Cl)c1. The molecule has 0 radical (unpaired) electrons. The highest BCUT2D eigenvalue weighted by Gasteiger charge is 2.50. The first kappa shape index (κ1) is 31.9. The van der Waals surface area contributed by atoms with Crippen molar-refractivity contribution in [3.05, 3.63) is 58.6 Å². The van der Waals surface area contributed by atoms with Crippen LogP contribution in [0.25, 0.3) is 0 Å². The number of halogens is 7. The number of carbonyl (C=O) groups is 3. The predicted molar refractivity (Wildman–Crippen MR) is 135 cm³/mol. The van der Waals surface area contributed by atoms with E-state index in [1.54, 1.807) is 0 Å². The number of ether oxygens (including phenoxy) is 3. The van der Waals surface area contributed by atoms with E-state index in [-0.39, 0.29) is 35.5 Å². The second-order valence-corrected chi connectivity index (χ2v) is 9.70. The van der Waals surface area contributed by atoms with Crippen LogP contribution in [0.15, 0.2) is 47.6 Å². The summed E-state index contributed by atoms with van der Waals surface area (Å²) in [7, 11) is 1.02. The summed E-state index contributed by atoms with van der Waals surface area (Å²) in [4.78, 5) is 38.6. The molecule has 0 spiro atoms. The Morgan fingerprint density at radius 1 is 1.10 bits per heavy atom. The quantitative estimate of drug-likeness (QED) is 0.202. The molecular formula is C24H20ClF6N3O6S. The number of hydrogen-bond acceptors (Lipinski definition) is 8. The zero-order chi connectivity index (χ0) is 30.8. The average Bonchev–Trinajstić information content (AvgIpc) is 3.24. The molecule has 2 amide bonds. The molecule has 0 saturated heterocycles. The molecule has 17 heteroatoms. The molecule has 222 valence electrons. The van der Waals surface area contributed by atoms with E-state index in [0.29, 0.717) is 6.07 Å². The third kappa shape index (κ3) is 7.35. The molecule has 0 saturated carbocycles. The molecule has 0 N–H and O–H groups in total. The van der Waals surface area contributed by atoms with Crippen molar-refractivity contribution in [1.82, 2.24) is 5.01 Å². The highest BCUT2D eigenvalue weighted by Crippen LogP contribution is 2.39. The summed E-state index contributed by atoms with van der Waals surface area (Å²) in [5.41, 5.74) is -3.10. The van der Waals surface area contributed by atoms with Crippen LogP contribution in [0.1, 0.15) is 25.0 Å². The maximum atomic E-state index is 13.6. The number of esters is 1. The molecule has 2 aromatic carbocycles. The van der Waals surface area contributed by atoms with Gasteiger partial charge >= 0.3 is 29.8 Å². The summed E-state index contributed by atoms with van der Waals surface area (Å²) < 4.78 is 91.6. The van der Waals surface area contributed by atoms with Crippen LogP contribution in [0, 0.1) is 5.41 Å². The maximum Gasteiger partial charge on any atom is 0.573 e. The number of alkyl halides is 6. The summed E-state index contributed by atoms with van der Waals surface area (Å²) in [6, 6.07) is 5.51. The van der Waals surface area contributed by atoms with Gasteiger partial charge in [0.2, 0.25) is 0 Å². The molecule has 2 aromatic rings. The Kier molecular flexibility index (Phi) is 9.37. The van der Waals surface area contributed by atoms with Crippen molar-refractivity contribution in [3.8, 4) is 5.75 Å². The third-order valence-electron chi connectivity index (χ3n) is 5.52. The molecular weight excluding hydrogens is 608 g/mol. The van der Waals surface area contributed by atoms with E-state index in [1.165, 1.54) is 13.8 Å². The molecule has 1 aliphatic rings. The van der Waals surface area contributed by atoms with E-state index in [0.717, 1.165) is 52.8 Å². The van der Waals surface area contributed by atoms with Crippen LogP contribution < -0.4 is 9.04 Å². The molecule has 3 rings (SSSR count). The van der Waals surface area contributed by atoms with Crippen molar-refractivity contribution in [3.63, 3.8) is 0 Å². The van der Waals surface area contributed by atoms with Crippen LogP contribution >= 0.6 is 23.5 Å². The Morgan fingerprint density at radius 3 is 2.24 bits per heavy atom. The van der Waals surface area contributed by atoms with Crippen LogP contribution in [0.2, 0.25) is 5.02 Å². The largest absolute Gasteiger partial charge is 0.573 e. The summed E-state index contributed by atoms with van der Waals surface area (Å²) >= 11 is 6.09. The normalized spacial score (nSPS) is 17.1. The molecule has 0 fully saturated rings. The first-order valence-electron chi connectivity index (χ1n) is 11.4. The minimum absolute atomic E-state index is 0.0188. The van der Waals surface area contributed by atoms with E-state index >= 15 is 0 Å². The first-order chi connectivity index (χ1) is 19.0. The second kappa shape index (κ2) is 12.1. The van der Waals surface area contributed by atoms with Crippen LogP contribution in [0.4, 0.5) is 41.6 Å². The molecule has 1 heterocycles. The molecule has 1 atom stereocenters. The van der Waals surface area contributed by atoms with E-state index in [2.05, 4.69) is 14.6 Å². The number of rotatable bonds is 5. The first-order valence-corrected chi connectivity index (χ1v) is 12.5. The molecule has 9 nitrogen and oxygen atoms in total. The fraction of sp³-hybridized carbons (Fsp3) is 0.333. The number of methoxy groups -OCH3 is 1. The van der Waals surface area contributed by atoms with Gasteiger partial charge in [-0.1, -0.05) is 17.7 Å². The number of hydrazone groups is 1. The zero-order valence-electron chi connectivity index (χ0n) is 21.3. The molecule has 0 bridgehead atoms. The van der Waals surface area contributed by atoms with Gasteiger partial charge in [-0.2, -0.15) is 18.3 Å². The monoisotopic (exact) mass is 627 g/mol.